The van der Waals surface area contributed by atoms with Crippen molar-refractivity contribution in [1.82, 2.24) is 0 Å². The third-order valence-electron chi connectivity index (χ3n) is 5.17. The Morgan fingerprint density at radius 3 is 2.08 bits per heavy atom. The minimum absolute atomic E-state index is 0.0507. The van der Waals surface area contributed by atoms with Gasteiger partial charge in [-0.3, -0.25) is 0 Å². The summed E-state index contributed by atoms with van der Waals surface area (Å²) in [4.78, 5) is 0. The van der Waals surface area contributed by atoms with Crippen molar-refractivity contribution < 1.29 is 22.5 Å². The van der Waals surface area contributed by atoms with Crippen molar-refractivity contribution in [3.8, 4) is 6.07 Å². The fourth-order valence-corrected chi connectivity index (χ4v) is 2.87. The van der Waals surface area contributed by atoms with Gasteiger partial charge in [-0.1, -0.05) is 6.07 Å². The van der Waals surface area contributed by atoms with Crippen LogP contribution in [0.2, 0.25) is 0 Å². The highest BCUT2D eigenvalue weighted by molar-refractivity contribution is 6.62. The van der Waals surface area contributed by atoms with E-state index in [2.05, 4.69) is 0 Å². The maximum Gasteiger partial charge on any atom is 0.496 e. The summed E-state index contributed by atoms with van der Waals surface area (Å²) in [6.45, 7) is 7.46. The molecule has 2 fully saturated rings. The number of nitriles is 1. The molecule has 0 radical (unpaired) electrons. The number of rotatable bonds is 2. The van der Waals surface area contributed by atoms with E-state index in [-0.39, 0.29) is 17.0 Å². The Kier molecular flexibility index (Phi) is 3.78. The molecule has 24 heavy (non-hydrogen) atoms. The predicted molar refractivity (Wildman–Crippen MR) is 83.9 cm³/mol. The second-order valence-corrected chi connectivity index (χ2v) is 7.50. The molecule has 3 nitrogen and oxygen atoms in total. The monoisotopic (exact) mass is 337 g/mol. The molecule has 3 rings (SSSR count). The molecule has 0 bridgehead atoms. The first-order valence-corrected chi connectivity index (χ1v) is 7.97. The van der Waals surface area contributed by atoms with E-state index in [4.69, 9.17) is 9.31 Å². The molecule has 1 aliphatic carbocycles. The molecule has 0 amide bonds. The highest BCUT2D eigenvalue weighted by Gasteiger charge is 2.53. The Morgan fingerprint density at radius 2 is 1.67 bits per heavy atom. The molecule has 1 saturated carbocycles. The quantitative estimate of drug-likeness (QED) is 0.772. The first-order chi connectivity index (χ1) is 11.0. The molecular formula is C17H19BF3NO2. The number of nitrogens with zero attached hydrogens (tertiary/aromatic N) is 1. The molecule has 128 valence electrons. The zero-order valence-corrected chi connectivity index (χ0v) is 14.1. The van der Waals surface area contributed by atoms with E-state index in [9.17, 15) is 18.4 Å². The zero-order valence-electron chi connectivity index (χ0n) is 14.1. The fraction of sp³-hybridized carbons (Fsp3) is 0.588. The van der Waals surface area contributed by atoms with Gasteiger partial charge in [0.2, 0.25) is 0 Å². The van der Waals surface area contributed by atoms with Crippen molar-refractivity contribution in [3.05, 3.63) is 28.8 Å². The van der Waals surface area contributed by atoms with Crippen LogP contribution in [-0.2, 0) is 15.5 Å². The molecule has 0 unspecified atom stereocenters. The second kappa shape index (κ2) is 5.24. The van der Waals surface area contributed by atoms with Crippen LogP contribution in [0, 0.1) is 11.3 Å². The van der Waals surface area contributed by atoms with Crippen molar-refractivity contribution in [2.45, 2.75) is 63.8 Å². The number of alkyl halides is 3. The standard InChI is InChI=1S/C17H19BF3NO2/c1-15(2)16(3,4)24-18(23-15)14-8-12(10-5-6-10)13(17(19,20)21)7-11(14)9-22/h7-8,10H,5-6H2,1-4H3. The van der Waals surface area contributed by atoms with Gasteiger partial charge in [-0.2, -0.15) is 18.4 Å². The molecule has 0 atom stereocenters. The molecule has 1 heterocycles. The first kappa shape index (κ1) is 17.3. The minimum Gasteiger partial charge on any atom is -0.399 e. The van der Waals surface area contributed by atoms with Crippen LogP contribution in [-0.4, -0.2) is 18.3 Å². The van der Waals surface area contributed by atoms with Gasteiger partial charge < -0.3 is 9.31 Å². The molecule has 0 aromatic heterocycles. The molecule has 0 spiro atoms. The molecule has 1 aromatic rings. The number of hydrogen-bond donors (Lipinski definition) is 0. The predicted octanol–water partition coefficient (Wildman–Crippen LogP) is 3.75. The van der Waals surface area contributed by atoms with Crippen molar-refractivity contribution in [2.24, 2.45) is 0 Å². The molecular weight excluding hydrogens is 318 g/mol. The van der Waals surface area contributed by atoms with Gasteiger partial charge in [0.05, 0.1) is 28.4 Å². The van der Waals surface area contributed by atoms with Crippen LogP contribution >= 0.6 is 0 Å². The average molecular weight is 337 g/mol. The minimum atomic E-state index is -4.47. The Labute approximate surface area is 139 Å². The number of halogens is 3. The molecule has 0 N–H and O–H groups in total. The van der Waals surface area contributed by atoms with E-state index in [1.807, 2.05) is 33.8 Å². The summed E-state index contributed by atoms with van der Waals surface area (Å²) in [5.74, 6) is -0.101. The third-order valence-corrected chi connectivity index (χ3v) is 5.17. The van der Waals surface area contributed by atoms with E-state index < -0.39 is 30.1 Å². The van der Waals surface area contributed by atoms with Crippen LogP contribution in [0.5, 0.6) is 0 Å². The van der Waals surface area contributed by atoms with Gasteiger partial charge in [-0.25, -0.2) is 0 Å². The van der Waals surface area contributed by atoms with E-state index in [0.29, 0.717) is 5.46 Å². The van der Waals surface area contributed by atoms with Crippen LogP contribution in [0.25, 0.3) is 0 Å². The van der Waals surface area contributed by atoms with Gasteiger partial charge in [0.25, 0.3) is 0 Å². The van der Waals surface area contributed by atoms with Crippen molar-refractivity contribution in [1.29, 1.82) is 5.26 Å². The summed E-state index contributed by atoms with van der Waals surface area (Å²) < 4.78 is 51.8. The first-order valence-electron chi connectivity index (χ1n) is 7.97. The van der Waals surface area contributed by atoms with Crippen molar-refractivity contribution >= 4 is 12.6 Å². The summed E-state index contributed by atoms with van der Waals surface area (Å²) in [6, 6.07) is 4.26. The Balaban J connectivity index is 2.10. The lowest BCUT2D eigenvalue weighted by Crippen LogP contribution is -2.41. The van der Waals surface area contributed by atoms with Gasteiger partial charge in [-0.15, -0.1) is 0 Å². The highest BCUT2D eigenvalue weighted by atomic mass is 19.4. The van der Waals surface area contributed by atoms with Crippen LogP contribution < -0.4 is 5.46 Å². The maximum atomic E-state index is 13.3. The molecule has 7 heteroatoms. The van der Waals surface area contributed by atoms with E-state index in [1.165, 1.54) is 6.07 Å². The SMILES string of the molecule is CC1(C)OB(c2cc(C3CC3)c(C(F)(F)F)cc2C#N)OC1(C)C. The summed E-state index contributed by atoms with van der Waals surface area (Å²) in [5.41, 5.74) is -1.39. The maximum absolute atomic E-state index is 13.3. The van der Waals surface area contributed by atoms with Gasteiger partial charge in [0, 0.05) is 5.46 Å². The Bertz CT molecular complexity index is 702. The smallest absolute Gasteiger partial charge is 0.399 e. The van der Waals surface area contributed by atoms with Crippen LogP contribution in [0.3, 0.4) is 0 Å². The Hall–Kier alpha value is -1.52. The fourth-order valence-electron chi connectivity index (χ4n) is 2.87. The van der Waals surface area contributed by atoms with Gasteiger partial charge in [-0.05, 0) is 58.1 Å². The zero-order chi connectivity index (χ0) is 17.9. The number of hydrogen-bond acceptors (Lipinski definition) is 3. The molecule has 2 aliphatic rings. The average Bonchev–Trinajstić information content (AvgIpc) is 3.24. The van der Waals surface area contributed by atoms with Crippen LogP contribution in [0.15, 0.2) is 12.1 Å². The molecule has 1 aliphatic heterocycles. The number of benzene rings is 1. The van der Waals surface area contributed by atoms with Crippen molar-refractivity contribution in [3.63, 3.8) is 0 Å². The lowest BCUT2D eigenvalue weighted by Gasteiger charge is -2.32. The summed E-state index contributed by atoms with van der Waals surface area (Å²) in [6.07, 6.45) is -3.01. The third kappa shape index (κ3) is 2.82. The summed E-state index contributed by atoms with van der Waals surface area (Å²) in [5, 5.41) is 9.35. The lowest BCUT2D eigenvalue weighted by molar-refractivity contribution is -0.138. The van der Waals surface area contributed by atoms with E-state index in [1.54, 1.807) is 0 Å². The Morgan fingerprint density at radius 1 is 1.12 bits per heavy atom. The topological polar surface area (TPSA) is 42.2 Å². The summed E-state index contributed by atoms with van der Waals surface area (Å²) >= 11 is 0. The van der Waals surface area contributed by atoms with Gasteiger partial charge in [0.1, 0.15) is 0 Å². The lowest BCUT2D eigenvalue weighted by atomic mass is 9.74. The largest absolute Gasteiger partial charge is 0.496 e. The molecule has 1 aromatic carbocycles. The van der Waals surface area contributed by atoms with Crippen molar-refractivity contribution in [2.75, 3.05) is 0 Å². The van der Waals surface area contributed by atoms with Crippen LogP contribution in [0.4, 0.5) is 13.2 Å². The highest BCUT2D eigenvalue weighted by Crippen LogP contribution is 2.46. The van der Waals surface area contributed by atoms with E-state index in [0.717, 1.165) is 18.9 Å². The summed E-state index contributed by atoms with van der Waals surface area (Å²) in [7, 11) is -0.843. The van der Waals surface area contributed by atoms with Crippen LogP contribution in [0.1, 0.15) is 63.1 Å². The van der Waals surface area contributed by atoms with Gasteiger partial charge >= 0.3 is 13.3 Å². The van der Waals surface area contributed by atoms with Gasteiger partial charge in [0.15, 0.2) is 0 Å². The van der Waals surface area contributed by atoms with E-state index >= 15 is 0 Å². The normalized spacial score (nSPS) is 22.5. The second-order valence-electron chi connectivity index (χ2n) is 7.50. The molecule has 1 saturated heterocycles.